The second-order valence-electron chi connectivity index (χ2n) is 4.73. The summed E-state index contributed by atoms with van der Waals surface area (Å²) in [5.41, 5.74) is 0.938. The molecule has 1 fully saturated rings. The lowest BCUT2D eigenvalue weighted by Gasteiger charge is -2.32. The lowest BCUT2D eigenvalue weighted by Crippen LogP contribution is -2.57. The van der Waals surface area contributed by atoms with Crippen LogP contribution in [0.4, 0.5) is 0 Å². The smallest absolute Gasteiger partial charge is 0.303 e. The van der Waals surface area contributed by atoms with Gasteiger partial charge in [0.15, 0.2) is 0 Å². The van der Waals surface area contributed by atoms with Crippen LogP contribution in [-0.2, 0) is 20.9 Å². The number of hydrogen-bond acceptors (Lipinski definition) is 3. The van der Waals surface area contributed by atoms with E-state index in [1.807, 2.05) is 30.3 Å². The molecule has 0 spiro atoms. The van der Waals surface area contributed by atoms with Crippen LogP contribution in [0.5, 0.6) is 0 Å². The van der Waals surface area contributed by atoms with Crippen LogP contribution in [0.3, 0.4) is 0 Å². The van der Waals surface area contributed by atoms with Crippen molar-refractivity contribution in [2.45, 2.75) is 25.4 Å². The van der Waals surface area contributed by atoms with E-state index in [9.17, 15) is 14.4 Å². The van der Waals surface area contributed by atoms with Gasteiger partial charge < -0.3 is 15.3 Å². The third-order valence-corrected chi connectivity index (χ3v) is 3.14. The van der Waals surface area contributed by atoms with Gasteiger partial charge in [-0.3, -0.25) is 14.4 Å². The molecule has 20 heavy (non-hydrogen) atoms. The highest BCUT2D eigenvalue weighted by atomic mass is 16.4. The summed E-state index contributed by atoms with van der Waals surface area (Å²) in [5.74, 6) is -1.46. The Labute approximate surface area is 116 Å². The van der Waals surface area contributed by atoms with Gasteiger partial charge in [0.05, 0.1) is 6.54 Å². The maximum atomic E-state index is 12.2. The summed E-state index contributed by atoms with van der Waals surface area (Å²) in [4.78, 5) is 35.8. The summed E-state index contributed by atoms with van der Waals surface area (Å²) in [7, 11) is 0. The van der Waals surface area contributed by atoms with E-state index in [0.29, 0.717) is 6.54 Å². The molecule has 2 rings (SSSR count). The number of carbonyl (C=O) groups excluding carboxylic acids is 2. The van der Waals surface area contributed by atoms with Crippen LogP contribution in [0.25, 0.3) is 0 Å². The van der Waals surface area contributed by atoms with Gasteiger partial charge >= 0.3 is 5.97 Å². The molecule has 0 aliphatic carbocycles. The number of rotatable bonds is 5. The largest absolute Gasteiger partial charge is 0.481 e. The summed E-state index contributed by atoms with van der Waals surface area (Å²) in [6.45, 7) is 0.369. The first-order chi connectivity index (χ1) is 9.56. The van der Waals surface area contributed by atoms with E-state index in [4.69, 9.17) is 5.11 Å². The number of benzene rings is 1. The zero-order valence-corrected chi connectivity index (χ0v) is 10.9. The monoisotopic (exact) mass is 276 g/mol. The molecule has 0 radical (unpaired) electrons. The van der Waals surface area contributed by atoms with Crippen LogP contribution >= 0.6 is 0 Å². The van der Waals surface area contributed by atoms with Crippen molar-refractivity contribution in [3.63, 3.8) is 0 Å². The van der Waals surface area contributed by atoms with Crippen molar-refractivity contribution in [2.24, 2.45) is 0 Å². The van der Waals surface area contributed by atoms with Gasteiger partial charge in [0.25, 0.3) is 0 Å². The molecule has 1 saturated heterocycles. The first kappa shape index (κ1) is 14.0. The molecule has 1 unspecified atom stereocenters. The number of piperazine rings is 1. The van der Waals surface area contributed by atoms with E-state index < -0.39 is 12.0 Å². The van der Waals surface area contributed by atoms with Crippen LogP contribution < -0.4 is 5.32 Å². The Bertz CT molecular complexity index is 515. The van der Waals surface area contributed by atoms with Crippen molar-refractivity contribution in [1.29, 1.82) is 0 Å². The third-order valence-electron chi connectivity index (χ3n) is 3.14. The quantitative estimate of drug-likeness (QED) is 0.814. The lowest BCUT2D eigenvalue weighted by atomic mass is 10.1. The van der Waals surface area contributed by atoms with E-state index in [-0.39, 0.29) is 31.2 Å². The van der Waals surface area contributed by atoms with E-state index in [1.165, 1.54) is 4.90 Å². The molecule has 1 aliphatic heterocycles. The fraction of sp³-hybridized carbons (Fsp3) is 0.357. The highest BCUT2D eigenvalue weighted by Crippen LogP contribution is 2.12. The maximum Gasteiger partial charge on any atom is 0.303 e. The molecule has 0 bridgehead atoms. The molecule has 2 N–H and O–H groups in total. The molecule has 1 heterocycles. The SMILES string of the molecule is O=C(O)CCC1NC(=O)CN(Cc2ccccc2)C1=O. The van der Waals surface area contributed by atoms with E-state index in [2.05, 4.69) is 5.32 Å². The Morgan fingerprint density at radius 2 is 2.00 bits per heavy atom. The molecule has 1 aromatic carbocycles. The number of carboxylic acids is 1. The van der Waals surface area contributed by atoms with Crippen LogP contribution in [0, 0.1) is 0 Å². The van der Waals surface area contributed by atoms with Crippen molar-refractivity contribution in [3.05, 3.63) is 35.9 Å². The highest BCUT2D eigenvalue weighted by Gasteiger charge is 2.32. The van der Waals surface area contributed by atoms with Gasteiger partial charge in [0.2, 0.25) is 11.8 Å². The Balaban J connectivity index is 2.03. The van der Waals surface area contributed by atoms with Gasteiger partial charge in [-0.1, -0.05) is 30.3 Å². The van der Waals surface area contributed by atoms with Crippen LogP contribution in [0.1, 0.15) is 18.4 Å². The van der Waals surface area contributed by atoms with E-state index in [1.54, 1.807) is 0 Å². The molecule has 0 aromatic heterocycles. The number of nitrogens with one attached hydrogen (secondary N) is 1. The van der Waals surface area contributed by atoms with Gasteiger partial charge in [0.1, 0.15) is 6.04 Å². The molecule has 1 atom stereocenters. The van der Waals surface area contributed by atoms with Crippen LogP contribution in [-0.4, -0.2) is 40.4 Å². The van der Waals surface area contributed by atoms with Crippen LogP contribution in [0.2, 0.25) is 0 Å². The van der Waals surface area contributed by atoms with Crippen molar-refractivity contribution in [3.8, 4) is 0 Å². The van der Waals surface area contributed by atoms with Crippen molar-refractivity contribution in [1.82, 2.24) is 10.2 Å². The van der Waals surface area contributed by atoms with Crippen molar-refractivity contribution < 1.29 is 19.5 Å². The van der Waals surface area contributed by atoms with Gasteiger partial charge in [-0.25, -0.2) is 0 Å². The third kappa shape index (κ3) is 3.57. The average Bonchev–Trinajstić information content (AvgIpc) is 2.42. The number of carbonyl (C=O) groups is 3. The summed E-state index contributed by atoms with van der Waals surface area (Å²) in [5, 5.41) is 11.2. The fourth-order valence-corrected chi connectivity index (χ4v) is 2.17. The first-order valence-electron chi connectivity index (χ1n) is 6.40. The Morgan fingerprint density at radius 1 is 1.30 bits per heavy atom. The molecule has 1 aromatic rings. The Morgan fingerprint density at radius 3 is 2.65 bits per heavy atom. The average molecular weight is 276 g/mol. The fourth-order valence-electron chi connectivity index (χ4n) is 2.17. The molecular formula is C14H16N2O4. The lowest BCUT2D eigenvalue weighted by molar-refractivity contribution is -0.146. The van der Waals surface area contributed by atoms with Gasteiger partial charge in [-0.15, -0.1) is 0 Å². The molecule has 0 saturated carbocycles. The molecule has 6 heteroatoms. The van der Waals surface area contributed by atoms with Crippen molar-refractivity contribution in [2.75, 3.05) is 6.54 Å². The minimum atomic E-state index is -0.979. The van der Waals surface area contributed by atoms with Crippen molar-refractivity contribution >= 4 is 17.8 Å². The van der Waals surface area contributed by atoms with E-state index >= 15 is 0 Å². The predicted molar refractivity (Wildman–Crippen MR) is 70.7 cm³/mol. The summed E-state index contributed by atoms with van der Waals surface area (Å²) >= 11 is 0. The number of amides is 2. The second kappa shape index (κ2) is 6.18. The summed E-state index contributed by atoms with van der Waals surface area (Å²) < 4.78 is 0. The van der Waals surface area contributed by atoms with Gasteiger partial charge in [-0.2, -0.15) is 0 Å². The molecule has 1 aliphatic rings. The molecule has 6 nitrogen and oxygen atoms in total. The molecule has 106 valence electrons. The highest BCUT2D eigenvalue weighted by molar-refractivity contribution is 5.95. The summed E-state index contributed by atoms with van der Waals surface area (Å²) in [6.07, 6.45) is -0.0267. The Kier molecular flexibility index (Phi) is 4.34. The minimum Gasteiger partial charge on any atom is -0.481 e. The standard InChI is InChI=1S/C14H16N2O4/c17-12-9-16(8-10-4-2-1-3-5-10)14(20)11(15-12)6-7-13(18)19/h1-5,11H,6-9H2,(H,15,17)(H,18,19). The van der Waals surface area contributed by atoms with Gasteiger partial charge in [-0.05, 0) is 12.0 Å². The minimum absolute atomic E-state index is 0.0112. The number of hydrogen-bond donors (Lipinski definition) is 2. The summed E-state index contributed by atoms with van der Waals surface area (Å²) in [6, 6.07) is 8.63. The molecule has 2 amide bonds. The van der Waals surface area contributed by atoms with Gasteiger partial charge in [0, 0.05) is 13.0 Å². The zero-order valence-electron chi connectivity index (χ0n) is 10.9. The molecular weight excluding hydrogens is 260 g/mol. The first-order valence-corrected chi connectivity index (χ1v) is 6.40. The number of aliphatic carboxylic acids is 1. The topological polar surface area (TPSA) is 86.7 Å². The Hall–Kier alpha value is -2.37. The second-order valence-corrected chi connectivity index (χ2v) is 4.73. The number of carboxylic acid groups (broad SMARTS) is 1. The normalized spacial score (nSPS) is 18.8. The van der Waals surface area contributed by atoms with E-state index in [0.717, 1.165) is 5.56 Å². The predicted octanol–water partition coefficient (Wildman–Crippen LogP) is 0.378. The number of nitrogens with zero attached hydrogens (tertiary/aromatic N) is 1. The van der Waals surface area contributed by atoms with Crippen LogP contribution in [0.15, 0.2) is 30.3 Å². The zero-order chi connectivity index (χ0) is 14.5. The maximum absolute atomic E-state index is 12.2.